The monoisotopic (exact) mass is 538 g/mol. The molecule has 5 nitrogen and oxygen atoms in total. The lowest BCUT2D eigenvalue weighted by Gasteiger charge is -2.43. The third kappa shape index (κ3) is 3.65. The van der Waals surface area contributed by atoms with Gasteiger partial charge in [0.1, 0.15) is 4.75 Å². The van der Waals surface area contributed by atoms with E-state index in [1.165, 1.54) is 30.3 Å². The van der Waals surface area contributed by atoms with Crippen molar-refractivity contribution in [2.75, 3.05) is 12.3 Å². The van der Waals surface area contributed by atoms with Crippen LogP contribution in [0.4, 0.5) is 36.4 Å². The minimum Gasteiger partial charge on any atom is -0.398 e. The summed E-state index contributed by atoms with van der Waals surface area (Å²) in [6.45, 7) is -0.272. The number of likely N-dealkylation sites (tertiary alicyclic amines) is 1. The number of sulfone groups is 1. The van der Waals surface area contributed by atoms with Gasteiger partial charge in [0.2, 0.25) is 5.67 Å². The molecule has 196 valence electrons. The van der Waals surface area contributed by atoms with E-state index in [4.69, 9.17) is 5.73 Å². The minimum atomic E-state index is -5.33. The lowest BCUT2D eigenvalue weighted by molar-refractivity contribution is -0.228. The van der Waals surface area contributed by atoms with E-state index in [1.54, 1.807) is 0 Å². The highest BCUT2D eigenvalue weighted by Gasteiger charge is 2.63. The Kier molecular flexibility index (Phi) is 5.89. The zero-order valence-corrected chi connectivity index (χ0v) is 19.6. The van der Waals surface area contributed by atoms with E-state index >= 15 is 0 Å². The number of rotatable bonds is 3. The number of aryl methyl sites for hydroxylation is 1. The van der Waals surface area contributed by atoms with Crippen molar-refractivity contribution in [1.82, 2.24) is 4.90 Å². The molecular weight excluding hydrogens is 517 g/mol. The predicted molar refractivity (Wildman–Crippen MR) is 115 cm³/mol. The van der Waals surface area contributed by atoms with Crippen molar-refractivity contribution < 1.29 is 43.9 Å². The third-order valence-corrected chi connectivity index (χ3v) is 9.68. The zero-order chi connectivity index (χ0) is 26.9. The first-order valence-corrected chi connectivity index (χ1v) is 12.3. The Labute approximate surface area is 202 Å². The molecule has 2 aromatic carbocycles. The fourth-order valence-corrected chi connectivity index (χ4v) is 7.73. The van der Waals surface area contributed by atoms with Crippen molar-refractivity contribution in [2.24, 2.45) is 0 Å². The molecule has 2 aliphatic rings. The van der Waals surface area contributed by atoms with Crippen LogP contribution in [0.5, 0.6) is 0 Å². The van der Waals surface area contributed by atoms with Crippen LogP contribution in [0.3, 0.4) is 0 Å². The number of fused-ring (bicyclic) bond motifs is 3. The third-order valence-electron chi connectivity index (χ3n) is 7.13. The van der Waals surface area contributed by atoms with E-state index in [0.717, 1.165) is 12.1 Å². The lowest BCUT2D eigenvalue weighted by Crippen LogP contribution is -2.54. The van der Waals surface area contributed by atoms with Crippen molar-refractivity contribution >= 4 is 21.4 Å². The van der Waals surface area contributed by atoms with Gasteiger partial charge in [-0.2, -0.15) is 26.3 Å². The summed E-state index contributed by atoms with van der Waals surface area (Å²) in [4.78, 5) is 12.4. The molecule has 0 saturated carbocycles. The number of benzene rings is 2. The van der Waals surface area contributed by atoms with Gasteiger partial charge in [0.05, 0.1) is 10.9 Å². The smallest absolute Gasteiger partial charge is 0.398 e. The second-order valence-corrected chi connectivity index (χ2v) is 11.3. The van der Waals surface area contributed by atoms with Crippen molar-refractivity contribution in [1.29, 1.82) is 0 Å². The van der Waals surface area contributed by atoms with Crippen LogP contribution in [-0.4, -0.2) is 44.2 Å². The molecule has 0 radical (unpaired) electrons. The Hall–Kier alpha value is -2.83. The first-order valence-electron chi connectivity index (χ1n) is 10.8. The van der Waals surface area contributed by atoms with Gasteiger partial charge in [0, 0.05) is 17.8 Å². The molecule has 1 amide bonds. The average Bonchev–Trinajstić information content (AvgIpc) is 3.18. The van der Waals surface area contributed by atoms with Crippen LogP contribution in [0.2, 0.25) is 0 Å². The van der Waals surface area contributed by atoms with Gasteiger partial charge in [0.15, 0.2) is 9.84 Å². The van der Waals surface area contributed by atoms with Crippen LogP contribution in [0.1, 0.15) is 36.5 Å². The summed E-state index contributed by atoms with van der Waals surface area (Å²) >= 11 is 0. The maximum absolute atomic E-state index is 14.8. The molecule has 0 bridgehead atoms. The van der Waals surface area contributed by atoms with Gasteiger partial charge in [-0.25, -0.2) is 12.8 Å². The van der Waals surface area contributed by atoms with Crippen LogP contribution >= 0.6 is 0 Å². The summed E-state index contributed by atoms with van der Waals surface area (Å²) < 4.78 is 121. The molecule has 1 aliphatic carbocycles. The number of halogens is 7. The Morgan fingerprint density at radius 3 is 2.22 bits per heavy atom. The Morgan fingerprint density at radius 2 is 1.67 bits per heavy atom. The molecule has 13 heteroatoms. The van der Waals surface area contributed by atoms with Crippen LogP contribution in [-0.2, 0) is 31.5 Å². The van der Waals surface area contributed by atoms with Gasteiger partial charge in [-0.15, -0.1) is 0 Å². The fraction of sp³-hybridized carbons (Fsp3) is 0.435. The Morgan fingerprint density at radius 1 is 1.06 bits per heavy atom. The summed E-state index contributed by atoms with van der Waals surface area (Å²) in [6, 6.07) is 7.10. The average molecular weight is 538 g/mol. The number of nitrogens with two attached hydrogens (primary N) is 1. The summed E-state index contributed by atoms with van der Waals surface area (Å²) in [5, 5.41) is 0. The molecule has 3 atom stereocenters. The normalized spacial score (nSPS) is 24.1. The molecule has 0 spiro atoms. The first-order chi connectivity index (χ1) is 16.5. The molecule has 1 heterocycles. The molecule has 2 aromatic rings. The number of hydrogen-bond acceptors (Lipinski definition) is 4. The maximum Gasteiger partial charge on any atom is 0.471 e. The summed E-state index contributed by atoms with van der Waals surface area (Å²) in [5.41, 5.74) is 0.242. The van der Waals surface area contributed by atoms with Gasteiger partial charge in [-0.1, -0.05) is 18.2 Å². The number of carbonyl (C=O) groups is 1. The molecule has 1 fully saturated rings. The summed E-state index contributed by atoms with van der Waals surface area (Å²) in [5.74, 6) is -2.21. The second-order valence-electron chi connectivity index (χ2n) is 9.10. The second kappa shape index (κ2) is 8.09. The highest BCUT2D eigenvalue weighted by atomic mass is 32.2. The predicted octanol–water partition coefficient (Wildman–Crippen LogP) is 4.79. The minimum absolute atomic E-state index is 0.0180. The Bertz CT molecular complexity index is 1310. The SMILES string of the molecule is CC(F)(c1cc2c(cc1N)[C@]1(S(=O)(=O)c3ccccc3)CCN(C(=O)C(F)(F)F)[C@@H]1CC2)C(F)(F)F. The van der Waals surface area contributed by atoms with Crippen LogP contribution in [0, 0.1) is 0 Å². The number of nitrogens with zero attached hydrogens (tertiary/aromatic N) is 1. The van der Waals surface area contributed by atoms with Gasteiger partial charge >= 0.3 is 18.3 Å². The van der Waals surface area contributed by atoms with E-state index in [0.29, 0.717) is 4.90 Å². The molecule has 0 aromatic heterocycles. The summed E-state index contributed by atoms with van der Waals surface area (Å²) in [6.07, 6.45) is -11.5. The quantitative estimate of drug-likeness (QED) is 0.450. The molecular formula is C23H21F7N2O3S. The van der Waals surface area contributed by atoms with Gasteiger partial charge in [-0.05, 0) is 61.6 Å². The Balaban J connectivity index is 1.98. The van der Waals surface area contributed by atoms with Crippen molar-refractivity contribution in [2.45, 2.75) is 59.9 Å². The molecule has 1 saturated heterocycles. The van der Waals surface area contributed by atoms with Gasteiger partial charge in [-0.3, -0.25) is 4.79 Å². The highest BCUT2D eigenvalue weighted by molar-refractivity contribution is 7.92. The highest BCUT2D eigenvalue weighted by Crippen LogP contribution is 2.55. The van der Waals surface area contributed by atoms with Gasteiger partial charge < -0.3 is 10.6 Å². The first kappa shape index (κ1) is 26.2. The van der Waals surface area contributed by atoms with Crippen molar-refractivity contribution in [3.8, 4) is 0 Å². The molecule has 36 heavy (non-hydrogen) atoms. The van der Waals surface area contributed by atoms with E-state index in [2.05, 4.69) is 0 Å². The molecule has 2 N–H and O–H groups in total. The van der Waals surface area contributed by atoms with E-state index in [-0.39, 0.29) is 35.8 Å². The number of nitrogen functional groups attached to an aromatic ring is 1. The molecule has 1 aliphatic heterocycles. The van der Waals surface area contributed by atoms with Gasteiger partial charge in [0.25, 0.3) is 0 Å². The lowest BCUT2D eigenvalue weighted by atomic mass is 9.76. The largest absolute Gasteiger partial charge is 0.471 e. The van der Waals surface area contributed by atoms with E-state index in [9.17, 15) is 43.9 Å². The number of alkyl halides is 7. The van der Waals surface area contributed by atoms with E-state index < -0.39 is 68.8 Å². The molecule has 1 unspecified atom stereocenters. The van der Waals surface area contributed by atoms with Crippen LogP contribution in [0.25, 0.3) is 0 Å². The number of amides is 1. The topological polar surface area (TPSA) is 80.5 Å². The fourth-order valence-electron chi connectivity index (χ4n) is 5.35. The van der Waals surface area contributed by atoms with E-state index in [1.807, 2.05) is 0 Å². The van der Waals surface area contributed by atoms with Crippen molar-refractivity contribution in [3.63, 3.8) is 0 Å². The van der Waals surface area contributed by atoms with Crippen molar-refractivity contribution in [3.05, 3.63) is 59.2 Å². The standard InChI is InChI=1S/C23H21F7N2O3S/c1-20(24,23(28,29)30)16-11-13-7-8-18-21(15(13)12-17(16)31,9-10-32(18)19(33)22(25,26)27)36(34,35)14-5-3-2-4-6-14/h2-6,11-12,18H,7-10,31H2,1H3/t18-,20?,21-/m1/s1. The molecule has 4 rings (SSSR count). The maximum atomic E-state index is 14.8. The number of anilines is 1. The number of hydrogen-bond donors (Lipinski definition) is 1. The van der Waals surface area contributed by atoms with Crippen LogP contribution in [0.15, 0.2) is 47.4 Å². The number of carbonyl (C=O) groups excluding carboxylic acids is 1. The van der Waals surface area contributed by atoms with Crippen LogP contribution < -0.4 is 5.73 Å². The summed E-state index contributed by atoms with van der Waals surface area (Å²) in [7, 11) is -4.51. The zero-order valence-electron chi connectivity index (χ0n) is 18.8.